The van der Waals surface area contributed by atoms with Crippen molar-refractivity contribution in [2.75, 3.05) is 12.3 Å². The molecule has 1 aromatic carbocycles. The van der Waals surface area contributed by atoms with Gasteiger partial charge in [-0.05, 0) is 18.1 Å². The molecule has 0 bridgehead atoms. The highest BCUT2D eigenvalue weighted by atomic mass is 35.5. The van der Waals surface area contributed by atoms with Gasteiger partial charge in [0, 0.05) is 11.8 Å². The van der Waals surface area contributed by atoms with Gasteiger partial charge in [-0.2, -0.15) is 0 Å². The zero-order valence-corrected chi connectivity index (χ0v) is 8.64. The van der Waals surface area contributed by atoms with Crippen LogP contribution in [0.25, 0.3) is 0 Å². The van der Waals surface area contributed by atoms with Gasteiger partial charge in [-0.3, -0.25) is 0 Å². The molecule has 0 fully saturated rings. The molecular weight excluding hydrogens is 186 g/mol. The third kappa shape index (κ3) is 3.15. The van der Waals surface area contributed by atoms with Gasteiger partial charge in [0.25, 0.3) is 0 Å². The van der Waals surface area contributed by atoms with Crippen molar-refractivity contribution < 1.29 is 4.74 Å². The molecule has 0 heterocycles. The van der Waals surface area contributed by atoms with E-state index in [0.717, 1.165) is 0 Å². The van der Waals surface area contributed by atoms with Gasteiger partial charge in [-0.25, -0.2) is 0 Å². The Morgan fingerprint density at radius 2 is 2.15 bits per heavy atom. The molecule has 1 aromatic rings. The number of rotatable bonds is 3. The van der Waals surface area contributed by atoms with E-state index >= 15 is 0 Å². The summed E-state index contributed by atoms with van der Waals surface area (Å²) in [5.74, 6) is 1.15. The molecule has 0 aliphatic heterocycles. The fourth-order valence-corrected chi connectivity index (χ4v) is 1.06. The van der Waals surface area contributed by atoms with Crippen molar-refractivity contribution in [1.29, 1.82) is 0 Å². The number of nitrogen functional groups attached to an aromatic ring is 1. The van der Waals surface area contributed by atoms with Crippen LogP contribution in [-0.4, -0.2) is 6.61 Å². The molecule has 3 heteroatoms. The number of halogens is 1. The molecule has 0 saturated heterocycles. The molecule has 0 aliphatic carbocycles. The standard InChI is InChI=1S/C10H14ClNO/c1-7(2)6-13-10-5-8(12)3-4-9(10)11/h3-5,7H,6,12H2,1-2H3. The molecule has 0 aromatic heterocycles. The van der Waals surface area contributed by atoms with Crippen LogP contribution in [0.1, 0.15) is 13.8 Å². The Morgan fingerprint density at radius 3 is 2.77 bits per heavy atom. The second-order valence-corrected chi connectivity index (χ2v) is 3.80. The van der Waals surface area contributed by atoms with Crippen LogP contribution in [0.5, 0.6) is 5.75 Å². The maximum Gasteiger partial charge on any atom is 0.139 e. The summed E-state index contributed by atoms with van der Waals surface area (Å²) in [6.45, 7) is 4.82. The molecule has 1 rings (SSSR count). The number of hydrogen-bond acceptors (Lipinski definition) is 2. The first kappa shape index (κ1) is 10.2. The van der Waals surface area contributed by atoms with Crippen molar-refractivity contribution in [2.24, 2.45) is 5.92 Å². The lowest BCUT2D eigenvalue weighted by Gasteiger charge is -2.10. The quantitative estimate of drug-likeness (QED) is 0.760. The lowest BCUT2D eigenvalue weighted by molar-refractivity contribution is 0.271. The smallest absolute Gasteiger partial charge is 0.139 e. The van der Waals surface area contributed by atoms with Crippen LogP contribution in [0, 0.1) is 5.92 Å². The third-order valence-electron chi connectivity index (χ3n) is 1.53. The van der Waals surface area contributed by atoms with Crippen LogP contribution in [0.15, 0.2) is 18.2 Å². The zero-order chi connectivity index (χ0) is 9.84. The van der Waals surface area contributed by atoms with Crippen molar-refractivity contribution in [2.45, 2.75) is 13.8 Å². The second kappa shape index (κ2) is 4.38. The van der Waals surface area contributed by atoms with Gasteiger partial charge in [0.15, 0.2) is 0 Å². The fourth-order valence-electron chi connectivity index (χ4n) is 0.887. The Bertz CT molecular complexity index is 286. The molecule has 0 atom stereocenters. The average molecular weight is 200 g/mol. The molecule has 0 unspecified atom stereocenters. The van der Waals surface area contributed by atoms with Crippen LogP contribution in [0.2, 0.25) is 5.02 Å². The van der Waals surface area contributed by atoms with Crippen molar-refractivity contribution in [3.8, 4) is 5.75 Å². The van der Waals surface area contributed by atoms with Crippen molar-refractivity contribution in [3.63, 3.8) is 0 Å². The van der Waals surface area contributed by atoms with Crippen LogP contribution < -0.4 is 10.5 Å². The number of hydrogen-bond donors (Lipinski definition) is 1. The maximum atomic E-state index is 5.90. The molecule has 72 valence electrons. The molecule has 13 heavy (non-hydrogen) atoms. The Morgan fingerprint density at radius 1 is 1.46 bits per heavy atom. The minimum atomic E-state index is 0.484. The van der Waals surface area contributed by atoms with Crippen molar-refractivity contribution >= 4 is 17.3 Å². The highest BCUT2D eigenvalue weighted by Crippen LogP contribution is 2.26. The van der Waals surface area contributed by atoms with Crippen LogP contribution in [-0.2, 0) is 0 Å². The Kier molecular flexibility index (Phi) is 3.43. The van der Waals surface area contributed by atoms with Crippen molar-refractivity contribution in [3.05, 3.63) is 23.2 Å². The summed E-state index contributed by atoms with van der Waals surface area (Å²) in [7, 11) is 0. The van der Waals surface area contributed by atoms with E-state index in [1.807, 2.05) is 0 Å². The van der Waals surface area contributed by atoms with E-state index in [1.165, 1.54) is 0 Å². The number of anilines is 1. The first-order chi connectivity index (χ1) is 6.09. The predicted octanol–water partition coefficient (Wildman–Crippen LogP) is 2.96. The van der Waals surface area contributed by atoms with E-state index in [4.69, 9.17) is 22.1 Å². The fraction of sp³-hybridized carbons (Fsp3) is 0.400. The molecule has 2 nitrogen and oxygen atoms in total. The number of nitrogens with two attached hydrogens (primary N) is 1. The second-order valence-electron chi connectivity index (χ2n) is 3.39. The highest BCUT2D eigenvalue weighted by Gasteiger charge is 2.02. The highest BCUT2D eigenvalue weighted by molar-refractivity contribution is 6.32. The summed E-state index contributed by atoms with van der Waals surface area (Å²) in [5, 5.41) is 0.606. The first-order valence-electron chi connectivity index (χ1n) is 4.27. The van der Waals surface area contributed by atoms with E-state index in [0.29, 0.717) is 29.0 Å². The minimum absolute atomic E-state index is 0.484. The van der Waals surface area contributed by atoms with Crippen molar-refractivity contribution in [1.82, 2.24) is 0 Å². The van der Waals surface area contributed by atoms with E-state index in [1.54, 1.807) is 18.2 Å². The Balaban J connectivity index is 2.70. The molecular formula is C10H14ClNO. The summed E-state index contributed by atoms with van der Waals surface area (Å²) >= 11 is 5.90. The normalized spacial score (nSPS) is 10.5. The van der Waals surface area contributed by atoms with Gasteiger partial charge in [-0.1, -0.05) is 25.4 Å². The van der Waals surface area contributed by atoms with Crippen LogP contribution in [0.4, 0.5) is 5.69 Å². The van der Waals surface area contributed by atoms with Gasteiger partial charge in [0.1, 0.15) is 5.75 Å². The lowest BCUT2D eigenvalue weighted by Crippen LogP contribution is -2.05. The zero-order valence-electron chi connectivity index (χ0n) is 7.88. The van der Waals surface area contributed by atoms with E-state index in [-0.39, 0.29) is 0 Å². The minimum Gasteiger partial charge on any atom is -0.492 e. The van der Waals surface area contributed by atoms with Crippen LogP contribution in [0.3, 0.4) is 0 Å². The van der Waals surface area contributed by atoms with Gasteiger partial charge in [0.05, 0.1) is 11.6 Å². The monoisotopic (exact) mass is 199 g/mol. The van der Waals surface area contributed by atoms with Gasteiger partial charge in [0.2, 0.25) is 0 Å². The third-order valence-corrected chi connectivity index (χ3v) is 1.84. The maximum absolute atomic E-state index is 5.90. The van der Waals surface area contributed by atoms with E-state index in [9.17, 15) is 0 Å². The Labute approximate surface area is 83.6 Å². The molecule has 0 amide bonds. The summed E-state index contributed by atoms with van der Waals surface area (Å²) in [6, 6.07) is 5.24. The van der Waals surface area contributed by atoms with E-state index in [2.05, 4.69) is 13.8 Å². The SMILES string of the molecule is CC(C)COc1cc(N)ccc1Cl. The molecule has 2 N–H and O–H groups in total. The summed E-state index contributed by atoms with van der Waals surface area (Å²) in [6.07, 6.45) is 0. The first-order valence-corrected chi connectivity index (χ1v) is 4.65. The average Bonchev–Trinajstić information content (AvgIpc) is 2.06. The predicted molar refractivity (Wildman–Crippen MR) is 56.2 cm³/mol. The molecule has 0 saturated carbocycles. The summed E-state index contributed by atoms with van der Waals surface area (Å²) in [5.41, 5.74) is 6.26. The summed E-state index contributed by atoms with van der Waals surface area (Å²) in [4.78, 5) is 0. The molecule has 0 aliphatic rings. The van der Waals surface area contributed by atoms with Gasteiger partial charge < -0.3 is 10.5 Å². The molecule has 0 spiro atoms. The number of ether oxygens (including phenoxy) is 1. The summed E-state index contributed by atoms with van der Waals surface area (Å²) < 4.78 is 5.47. The van der Waals surface area contributed by atoms with Gasteiger partial charge in [-0.15, -0.1) is 0 Å². The Hall–Kier alpha value is -0.890. The lowest BCUT2D eigenvalue weighted by atomic mass is 10.2. The topological polar surface area (TPSA) is 35.2 Å². The van der Waals surface area contributed by atoms with E-state index < -0.39 is 0 Å². The number of benzene rings is 1. The van der Waals surface area contributed by atoms with Crippen LogP contribution >= 0.6 is 11.6 Å². The molecule has 0 radical (unpaired) electrons. The van der Waals surface area contributed by atoms with Gasteiger partial charge >= 0.3 is 0 Å². The largest absolute Gasteiger partial charge is 0.492 e.